The molecular formula is C15H15BrClNO. The van der Waals surface area contributed by atoms with Gasteiger partial charge in [-0.2, -0.15) is 0 Å². The first-order valence-corrected chi connectivity index (χ1v) is 7.17. The van der Waals surface area contributed by atoms with E-state index in [0.29, 0.717) is 22.4 Å². The quantitative estimate of drug-likeness (QED) is 0.738. The van der Waals surface area contributed by atoms with Crippen LogP contribution >= 0.6 is 27.5 Å². The molecule has 0 saturated carbocycles. The standard InChI is InChI=1S/C15H15BrClNO/c1-9(2)12-7-10(16)3-5-14(12)19-15-6-4-11(18)8-13(15)17/h3-9H,18H2,1-2H3. The summed E-state index contributed by atoms with van der Waals surface area (Å²) in [6.07, 6.45) is 0. The molecule has 0 aliphatic rings. The number of rotatable bonds is 3. The van der Waals surface area contributed by atoms with Crippen LogP contribution in [0.3, 0.4) is 0 Å². The second-order valence-electron chi connectivity index (χ2n) is 4.63. The number of anilines is 1. The molecule has 0 fully saturated rings. The first kappa shape index (κ1) is 14.2. The Morgan fingerprint density at radius 1 is 1.11 bits per heavy atom. The number of halogens is 2. The van der Waals surface area contributed by atoms with Crippen LogP contribution in [0.1, 0.15) is 25.3 Å². The summed E-state index contributed by atoms with van der Waals surface area (Å²) >= 11 is 9.60. The lowest BCUT2D eigenvalue weighted by atomic mass is 10.0. The van der Waals surface area contributed by atoms with E-state index in [0.717, 1.165) is 15.8 Å². The smallest absolute Gasteiger partial charge is 0.146 e. The highest BCUT2D eigenvalue weighted by atomic mass is 79.9. The molecule has 2 aromatic rings. The van der Waals surface area contributed by atoms with Gasteiger partial charge in [-0.1, -0.05) is 41.4 Å². The van der Waals surface area contributed by atoms with Gasteiger partial charge in [0.15, 0.2) is 0 Å². The number of ether oxygens (including phenoxy) is 1. The minimum atomic E-state index is 0.361. The van der Waals surface area contributed by atoms with E-state index in [9.17, 15) is 0 Å². The summed E-state index contributed by atoms with van der Waals surface area (Å²) in [6, 6.07) is 11.2. The Balaban J connectivity index is 2.38. The minimum Gasteiger partial charge on any atom is -0.456 e. The van der Waals surface area contributed by atoms with E-state index in [-0.39, 0.29) is 0 Å². The molecule has 0 aromatic heterocycles. The topological polar surface area (TPSA) is 35.2 Å². The molecule has 0 bridgehead atoms. The summed E-state index contributed by atoms with van der Waals surface area (Å²) < 4.78 is 6.94. The fraction of sp³-hybridized carbons (Fsp3) is 0.200. The molecule has 2 N–H and O–H groups in total. The van der Waals surface area contributed by atoms with Crippen molar-refractivity contribution in [2.45, 2.75) is 19.8 Å². The summed E-state index contributed by atoms with van der Waals surface area (Å²) in [5.74, 6) is 1.78. The molecule has 0 atom stereocenters. The highest BCUT2D eigenvalue weighted by molar-refractivity contribution is 9.10. The molecule has 0 aliphatic heterocycles. The number of benzene rings is 2. The van der Waals surface area contributed by atoms with Crippen molar-refractivity contribution in [1.82, 2.24) is 0 Å². The van der Waals surface area contributed by atoms with Gasteiger partial charge < -0.3 is 10.5 Å². The zero-order chi connectivity index (χ0) is 14.0. The molecule has 0 heterocycles. The molecule has 0 amide bonds. The SMILES string of the molecule is CC(C)c1cc(Br)ccc1Oc1ccc(N)cc1Cl. The molecular weight excluding hydrogens is 326 g/mol. The molecule has 100 valence electrons. The molecule has 2 aromatic carbocycles. The predicted octanol–water partition coefficient (Wildman–Crippen LogP) is 5.60. The molecule has 0 spiro atoms. The second kappa shape index (κ2) is 5.85. The van der Waals surface area contributed by atoms with Crippen LogP contribution in [0.4, 0.5) is 5.69 Å². The Hall–Kier alpha value is -1.19. The Morgan fingerprint density at radius 3 is 2.42 bits per heavy atom. The van der Waals surface area contributed by atoms with Crippen molar-refractivity contribution in [2.75, 3.05) is 5.73 Å². The zero-order valence-electron chi connectivity index (χ0n) is 10.8. The summed E-state index contributed by atoms with van der Waals surface area (Å²) in [5.41, 5.74) is 7.42. The summed E-state index contributed by atoms with van der Waals surface area (Å²) in [5, 5.41) is 0.512. The average Bonchev–Trinajstić information content (AvgIpc) is 2.34. The van der Waals surface area contributed by atoms with E-state index in [4.69, 9.17) is 22.1 Å². The first-order valence-electron chi connectivity index (χ1n) is 5.99. The van der Waals surface area contributed by atoms with Gasteiger partial charge >= 0.3 is 0 Å². The third kappa shape index (κ3) is 3.43. The largest absolute Gasteiger partial charge is 0.456 e. The number of hydrogen-bond acceptors (Lipinski definition) is 2. The van der Waals surface area contributed by atoms with Gasteiger partial charge in [-0.3, -0.25) is 0 Å². The highest BCUT2D eigenvalue weighted by Gasteiger charge is 2.11. The van der Waals surface area contributed by atoms with Crippen LogP contribution in [0, 0.1) is 0 Å². The molecule has 19 heavy (non-hydrogen) atoms. The molecule has 4 heteroatoms. The van der Waals surface area contributed by atoms with Gasteiger partial charge in [0.1, 0.15) is 11.5 Å². The Labute approximate surface area is 126 Å². The van der Waals surface area contributed by atoms with Gasteiger partial charge in [0, 0.05) is 10.2 Å². The van der Waals surface area contributed by atoms with Gasteiger partial charge in [0.2, 0.25) is 0 Å². The zero-order valence-corrected chi connectivity index (χ0v) is 13.1. The maximum absolute atomic E-state index is 6.13. The predicted molar refractivity (Wildman–Crippen MR) is 84.2 cm³/mol. The number of hydrogen-bond donors (Lipinski definition) is 1. The highest BCUT2D eigenvalue weighted by Crippen LogP contribution is 2.36. The lowest BCUT2D eigenvalue weighted by Gasteiger charge is -2.15. The van der Waals surface area contributed by atoms with Gasteiger partial charge in [0.05, 0.1) is 5.02 Å². The Morgan fingerprint density at radius 2 is 1.79 bits per heavy atom. The van der Waals surface area contributed by atoms with E-state index in [1.165, 1.54) is 0 Å². The van der Waals surface area contributed by atoms with Crippen molar-refractivity contribution in [2.24, 2.45) is 0 Å². The number of nitrogen functional groups attached to an aromatic ring is 1. The maximum atomic E-state index is 6.13. The van der Waals surface area contributed by atoms with Crippen LogP contribution in [0.15, 0.2) is 40.9 Å². The fourth-order valence-electron chi connectivity index (χ4n) is 1.78. The summed E-state index contributed by atoms with van der Waals surface area (Å²) in [4.78, 5) is 0. The lowest BCUT2D eigenvalue weighted by molar-refractivity contribution is 0.473. The van der Waals surface area contributed by atoms with Crippen molar-refractivity contribution in [3.63, 3.8) is 0 Å². The van der Waals surface area contributed by atoms with Crippen molar-refractivity contribution in [1.29, 1.82) is 0 Å². The van der Waals surface area contributed by atoms with Crippen LogP contribution in [0.5, 0.6) is 11.5 Å². The third-order valence-electron chi connectivity index (χ3n) is 2.77. The van der Waals surface area contributed by atoms with Crippen molar-refractivity contribution in [3.8, 4) is 11.5 Å². The first-order chi connectivity index (χ1) is 8.97. The second-order valence-corrected chi connectivity index (χ2v) is 5.95. The minimum absolute atomic E-state index is 0.361. The molecule has 0 saturated heterocycles. The van der Waals surface area contributed by atoms with Crippen LogP contribution < -0.4 is 10.5 Å². The van der Waals surface area contributed by atoms with E-state index in [1.807, 2.05) is 12.1 Å². The van der Waals surface area contributed by atoms with Gasteiger partial charge in [-0.25, -0.2) is 0 Å². The Kier molecular flexibility index (Phi) is 4.38. The van der Waals surface area contributed by atoms with Crippen LogP contribution in [-0.2, 0) is 0 Å². The van der Waals surface area contributed by atoms with E-state index in [2.05, 4.69) is 35.8 Å². The average molecular weight is 341 g/mol. The van der Waals surface area contributed by atoms with E-state index in [1.54, 1.807) is 18.2 Å². The van der Waals surface area contributed by atoms with Crippen molar-refractivity contribution >= 4 is 33.2 Å². The van der Waals surface area contributed by atoms with Gasteiger partial charge in [0.25, 0.3) is 0 Å². The lowest BCUT2D eigenvalue weighted by Crippen LogP contribution is -1.95. The third-order valence-corrected chi connectivity index (χ3v) is 3.56. The van der Waals surface area contributed by atoms with Crippen molar-refractivity contribution < 1.29 is 4.74 Å². The normalized spacial score (nSPS) is 10.8. The molecule has 2 rings (SSSR count). The van der Waals surface area contributed by atoms with E-state index >= 15 is 0 Å². The maximum Gasteiger partial charge on any atom is 0.146 e. The van der Waals surface area contributed by atoms with Gasteiger partial charge in [-0.15, -0.1) is 0 Å². The number of nitrogens with two attached hydrogens (primary N) is 1. The van der Waals surface area contributed by atoms with Crippen molar-refractivity contribution in [3.05, 3.63) is 51.5 Å². The molecule has 0 unspecified atom stereocenters. The molecule has 0 radical (unpaired) electrons. The molecule has 0 aliphatic carbocycles. The summed E-state index contributed by atoms with van der Waals surface area (Å²) in [6.45, 7) is 4.25. The van der Waals surface area contributed by atoms with Crippen LogP contribution in [-0.4, -0.2) is 0 Å². The molecule has 2 nitrogen and oxygen atoms in total. The van der Waals surface area contributed by atoms with Gasteiger partial charge in [-0.05, 0) is 47.9 Å². The Bertz CT molecular complexity index is 599. The van der Waals surface area contributed by atoms with E-state index < -0.39 is 0 Å². The monoisotopic (exact) mass is 339 g/mol. The fourth-order valence-corrected chi connectivity index (χ4v) is 2.39. The van der Waals surface area contributed by atoms with Crippen LogP contribution in [0.25, 0.3) is 0 Å². The van der Waals surface area contributed by atoms with Crippen LogP contribution in [0.2, 0.25) is 5.02 Å². The summed E-state index contributed by atoms with van der Waals surface area (Å²) in [7, 11) is 0.